The van der Waals surface area contributed by atoms with Crippen molar-refractivity contribution < 1.29 is 96.7 Å². The lowest BCUT2D eigenvalue weighted by molar-refractivity contribution is -0.211. The van der Waals surface area contributed by atoms with Crippen LogP contribution in [0.2, 0.25) is 0 Å². The molecule has 1 aromatic rings. The second-order valence-corrected chi connectivity index (χ2v) is 24.3. The van der Waals surface area contributed by atoms with Crippen LogP contribution in [0, 0.1) is 17.8 Å². The zero-order valence-corrected chi connectivity index (χ0v) is 50.6. The first-order chi connectivity index (χ1) is 38.8. The fourth-order valence-corrected chi connectivity index (χ4v) is 13.5. The highest BCUT2D eigenvalue weighted by atomic mass is 16.6. The Morgan fingerprint density at radius 3 is 1.65 bits per heavy atom. The Balaban J connectivity index is 0.000000267. The van der Waals surface area contributed by atoms with E-state index in [0.29, 0.717) is 29.6 Å². The van der Waals surface area contributed by atoms with Crippen LogP contribution in [0.5, 0.6) is 0 Å². The van der Waals surface area contributed by atoms with Gasteiger partial charge in [-0.05, 0) is 108 Å². The molecule has 0 bridgehead atoms. The zero-order valence-electron chi connectivity index (χ0n) is 50.6. The van der Waals surface area contributed by atoms with Crippen LogP contribution in [-0.2, 0) is 82.9 Å². The highest BCUT2D eigenvalue weighted by molar-refractivity contribution is 6.04. The summed E-state index contributed by atoms with van der Waals surface area (Å²) >= 11 is 0. The molecule has 2 aliphatic heterocycles. The summed E-state index contributed by atoms with van der Waals surface area (Å²) in [5, 5.41) is 47.0. The van der Waals surface area contributed by atoms with Gasteiger partial charge in [0.2, 0.25) is 0 Å². The van der Waals surface area contributed by atoms with Crippen molar-refractivity contribution in [3.63, 3.8) is 0 Å². The van der Waals surface area contributed by atoms with Gasteiger partial charge >= 0.3 is 41.8 Å². The van der Waals surface area contributed by atoms with Crippen LogP contribution in [0.4, 0.5) is 0 Å². The smallest absolute Gasteiger partial charge is 0.341 e. The Morgan fingerprint density at radius 1 is 0.639 bits per heavy atom. The number of benzene rings is 1. The second-order valence-electron chi connectivity index (χ2n) is 24.3. The first-order valence-corrected chi connectivity index (χ1v) is 29.4. The third-order valence-corrected chi connectivity index (χ3v) is 18.1. The van der Waals surface area contributed by atoms with Gasteiger partial charge in [-0.25, -0.2) is 14.4 Å². The number of carbonyl (C=O) groups is 8. The van der Waals surface area contributed by atoms with Crippen molar-refractivity contribution in [3.05, 3.63) is 69.8 Å². The van der Waals surface area contributed by atoms with E-state index in [1.807, 2.05) is 30.3 Å². The number of fused-ring (bicyclic) bond motifs is 6. The quantitative estimate of drug-likeness (QED) is 0.0308. The van der Waals surface area contributed by atoms with E-state index in [1.54, 1.807) is 47.6 Å². The topological polar surface area (TPSA) is 291 Å². The number of hydrogen-bond acceptors (Lipinski definition) is 20. The molecule has 6 aliphatic rings. The van der Waals surface area contributed by atoms with Crippen molar-refractivity contribution >= 4 is 47.6 Å². The van der Waals surface area contributed by atoms with Crippen LogP contribution in [0.1, 0.15) is 185 Å². The molecule has 83 heavy (non-hydrogen) atoms. The molecule has 7 rings (SSSR count). The molecule has 4 fully saturated rings. The Kier molecular flexibility index (Phi) is 21.0. The van der Waals surface area contributed by atoms with Crippen LogP contribution < -0.4 is 0 Å². The third kappa shape index (κ3) is 12.8. The highest BCUT2D eigenvalue weighted by Crippen LogP contribution is 2.60. The number of Topliss-reactive ketones (excluding diaryl/α,β-unsaturated/α-hetero) is 1. The molecule has 15 atom stereocenters. The zero-order chi connectivity index (χ0) is 61.8. The second kappa shape index (κ2) is 26.2. The van der Waals surface area contributed by atoms with E-state index in [0.717, 1.165) is 63.9 Å². The monoisotopic (exact) mass is 1160 g/mol. The minimum Gasteiger partial charge on any atom is -0.459 e. The van der Waals surface area contributed by atoms with Crippen LogP contribution in [0.25, 0.3) is 0 Å². The summed E-state index contributed by atoms with van der Waals surface area (Å²) in [6, 6.07) is 9.10. The van der Waals surface area contributed by atoms with E-state index in [-0.39, 0.29) is 43.4 Å². The number of ketones is 1. The molecule has 1 aromatic carbocycles. The number of esters is 7. The molecular formula is C63H88O20. The number of aliphatic hydroxyl groups is 4. The van der Waals surface area contributed by atoms with Gasteiger partial charge in [0.05, 0.1) is 24.5 Å². The predicted molar refractivity (Wildman–Crippen MR) is 298 cm³/mol. The van der Waals surface area contributed by atoms with Gasteiger partial charge in [0.1, 0.15) is 16.8 Å². The fraction of sp³-hybridized carbons (Fsp3) is 0.683. The molecule has 0 amide bonds. The maximum absolute atomic E-state index is 13.6. The first-order valence-electron chi connectivity index (χ1n) is 29.4. The van der Waals surface area contributed by atoms with Crippen molar-refractivity contribution in [1.29, 1.82) is 0 Å². The SMILES string of the molecule is C/C=C(/C)C(=O)O[C@H]1C(C)=C2[C@H]([C@@H]1OC(=O)CCCCCCC)[C@@](C)(OC(C)=O)C[C@@H](C)[C@@]1(O)[C@H]2OC(=O)[C@@]1(C)O.CCCCCCCC(=O)O[C@@H]1C(=O)C(C)=C2[C@H]1[C@@](C)(OC(C)=O)C[C@@H](OCc1ccccc1)[C@@]1(O)[C@H]2OC(=O)[C@@]1(C)O. The average molecular weight is 1170 g/mol. The Morgan fingerprint density at radius 2 is 1.13 bits per heavy atom. The van der Waals surface area contributed by atoms with Crippen LogP contribution >= 0.6 is 0 Å². The lowest BCUT2D eigenvalue weighted by Crippen LogP contribution is -2.64. The van der Waals surface area contributed by atoms with E-state index in [4.69, 9.17) is 37.9 Å². The molecule has 0 spiro atoms. The summed E-state index contributed by atoms with van der Waals surface area (Å²) in [5.74, 6) is -8.45. The van der Waals surface area contributed by atoms with Crippen molar-refractivity contribution in [2.75, 3.05) is 0 Å². The van der Waals surface area contributed by atoms with E-state index in [1.165, 1.54) is 27.7 Å². The molecule has 20 nitrogen and oxygen atoms in total. The van der Waals surface area contributed by atoms with E-state index < -0.39 is 136 Å². The number of ether oxygens (including phenoxy) is 8. The third-order valence-electron chi connectivity index (χ3n) is 18.1. The summed E-state index contributed by atoms with van der Waals surface area (Å²) in [4.78, 5) is 104. The van der Waals surface area contributed by atoms with Crippen molar-refractivity contribution in [2.45, 2.75) is 257 Å². The first kappa shape index (κ1) is 66.3. The molecule has 2 saturated carbocycles. The lowest BCUT2D eigenvalue weighted by atomic mass is 9.71. The van der Waals surface area contributed by atoms with Gasteiger partial charge in [0.25, 0.3) is 0 Å². The summed E-state index contributed by atoms with van der Waals surface area (Å²) < 4.78 is 47.0. The molecule has 460 valence electrons. The number of carbonyl (C=O) groups excluding carboxylic acids is 8. The summed E-state index contributed by atoms with van der Waals surface area (Å²) in [6.45, 7) is 20.3. The number of hydrogen-bond donors (Lipinski definition) is 4. The Hall–Kier alpha value is -5.80. The van der Waals surface area contributed by atoms with Crippen molar-refractivity contribution in [3.8, 4) is 0 Å². The molecule has 2 saturated heterocycles. The molecule has 2 heterocycles. The molecule has 0 radical (unpaired) electrons. The van der Waals surface area contributed by atoms with Crippen molar-refractivity contribution in [1.82, 2.24) is 0 Å². The highest BCUT2D eigenvalue weighted by Gasteiger charge is 2.76. The Labute approximate surface area is 487 Å². The number of allylic oxidation sites excluding steroid dienone is 1. The van der Waals surface area contributed by atoms with E-state index >= 15 is 0 Å². The number of rotatable bonds is 21. The maximum atomic E-state index is 13.6. The summed E-state index contributed by atoms with van der Waals surface area (Å²) in [6.07, 6.45) is 2.97. The van der Waals surface area contributed by atoms with Gasteiger partial charge in [-0.15, -0.1) is 0 Å². The predicted octanol–water partition coefficient (Wildman–Crippen LogP) is 7.34. The van der Waals surface area contributed by atoms with Crippen molar-refractivity contribution in [2.24, 2.45) is 17.8 Å². The molecular weight excluding hydrogens is 1080 g/mol. The van der Waals surface area contributed by atoms with E-state index in [9.17, 15) is 58.8 Å². The molecule has 0 aromatic heterocycles. The average Bonchev–Trinajstić information content (AvgIpc) is 1.58. The van der Waals surface area contributed by atoms with Gasteiger partial charge in [-0.1, -0.05) is 109 Å². The van der Waals surface area contributed by atoms with Gasteiger partial charge in [0, 0.05) is 38.7 Å². The Bertz CT molecular complexity index is 2720. The lowest BCUT2D eigenvalue weighted by Gasteiger charge is -2.41. The summed E-state index contributed by atoms with van der Waals surface area (Å²) in [5.41, 5.74) is -10.1. The normalized spacial score (nSPS) is 35.3. The van der Waals surface area contributed by atoms with Gasteiger partial charge in [-0.2, -0.15) is 0 Å². The van der Waals surface area contributed by atoms with E-state index in [2.05, 4.69) is 13.8 Å². The summed E-state index contributed by atoms with van der Waals surface area (Å²) in [7, 11) is 0. The maximum Gasteiger partial charge on any atom is 0.341 e. The van der Waals surface area contributed by atoms with Gasteiger partial charge < -0.3 is 58.3 Å². The standard InChI is InChI=1S/C32H42O10.C31H46O10/c1-6-7-8-9-13-16-23(34)40-27-25-24(19(2)26(27)35)28-32(38,31(5,37)29(36)41-28)22(17-30(25,4)42-20(3)33)39-18-21-14-11-10-12-15-21;1-9-11-12-13-14-15-21(33)38-25-23-22(19(5)24(25)39-27(34)17(3)10-2)26-31(37,30(8,36)28(35)40-26)18(4)16-29(23,7)41-20(6)32/h10-12,14-15,22,25,27-28,37-38H,6-9,13,16-18H2,1-5H3;10,18,23-26,36-37H,9,11-16H2,1-8H3/b;17-10-/t22-,25-,27+,28+,30+,31-,32-;18-,23-,24+,25+,26+,29+,30-,31-/m11/s1. The fourth-order valence-electron chi connectivity index (χ4n) is 13.5. The van der Waals surface area contributed by atoms with Gasteiger partial charge in [-0.3, -0.25) is 24.0 Å². The molecule has 4 N–H and O–H groups in total. The van der Waals surface area contributed by atoms with Crippen LogP contribution in [0.3, 0.4) is 0 Å². The molecule has 0 unspecified atom stereocenters. The van der Waals surface area contributed by atoms with Crippen LogP contribution in [-0.4, -0.2) is 138 Å². The minimum atomic E-state index is -2.44. The minimum absolute atomic E-state index is 0.000961. The largest absolute Gasteiger partial charge is 0.459 e. The van der Waals surface area contributed by atoms with Crippen LogP contribution in [0.15, 0.2) is 64.3 Å². The number of unbranched alkanes of at least 4 members (excludes halogenated alkanes) is 8. The molecule has 4 aliphatic carbocycles. The molecule has 20 heteroatoms. The van der Waals surface area contributed by atoms with Gasteiger partial charge in [0.15, 0.2) is 53.1 Å².